The molecule has 7 heteroatoms. The highest BCUT2D eigenvalue weighted by atomic mass is 16.1. The first-order valence-electron chi connectivity index (χ1n) is 9.01. The summed E-state index contributed by atoms with van der Waals surface area (Å²) in [6.07, 6.45) is 5.29. The van der Waals surface area contributed by atoms with Crippen molar-refractivity contribution in [1.82, 2.24) is 19.7 Å². The number of amides is 1. The van der Waals surface area contributed by atoms with E-state index in [-0.39, 0.29) is 0 Å². The first kappa shape index (κ1) is 17.2. The number of aromatic nitrogens is 3. The minimum atomic E-state index is -0.448. The molecule has 0 radical (unpaired) electrons. The Morgan fingerprint density at radius 3 is 2.59 bits per heavy atom. The van der Waals surface area contributed by atoms with Crippen LogP contribution in [0.4, 0.5) is 5.82 Å². The van der Waals surface area contributed by atoms with Crippen molar-refractivity contribution < 1.29 is 4.79 Å². The van der Waals surface area contributed by atoms with Gasteiger partial charge in [0.15, 0.2) is 0 Å². The Bertz CT molecular complexity index is 898. The highest BCUT2D eigenvalue weighted by molar-refractivity contribution is 5.92. The second-order valence-electron chi connectivity index (χ2n) is 6.65. The van der Waals surface area contributed by atoms with E-state index in [9.17, 15) is 4.79 Å². The number of carbonyl (C=O) groups excluding carboxylic acids is 1. The molecule has 27 heavy (non-hydrogen) atoms. The Morgan fingerprint density at radius 1 is 1.07 bits per heavy atom. The molecule has 1 amide bonds. The fourth-order valence-corrected chi connectivity index (χ4v) is 3.33. The number of nitrogens with two attached hydrogens (primary N) is 1. The molecule has 3 heterocycles. The molecular formula is C20H22N6O. The fourth-order valence-electron chi connectivity index (χ4n) is 3.33. The largest absolute Gasteiger partial charge is 0.366 e. The van der Waals surface area contributed by atoms with Gasteiger partial charge >= 0.3 is 0 Å². The van der Waals surface area contributed by atoms with Crippen molar-refractivity contribution in [2.75, 3.05) is 31.1 Å². The summed E-state index contributed by atoms with van der Waals surface area (Å²) in [7, 11) is 0. The van der Waals surface area contributed by atoms with Crippen molar-refractivity contribution >= 4 is 11.7 Å². The zero-order chi connectivity index (χ0) is 18.6. The molecule has 1 saturated heterocycles. The van der Waals surface area contributed by atoms with E-state index in [1.54, 1.807) is 18.5 Å². The predicted molar refractivity (Wildman–Crippen MR) is 104 cm³/mol. The van der Waals surface area contributed by atoms with Gasteiger partial charge in [0, 0.05) is 51.3 Å². The first-order valence-corrected chi connectivity index (χ1v) is 9.01. The fraction of sp³-hybridized carbons (Fsp3) is 0.250. The lowest BCUT2D eigenvalue weighted by Crippen LogP contribution is -2.46. The number of benzene rings is 1. The molecule has 4 rings (SSSR count). The number of primary amides is 1. The molecule has 7 nitrogen and oxygen atoms in total. The molecule has 0 spiro atoms. The minimum Gasteiger partial charge on any atom is -0.366 e. The van der Waals surface area contributed by atoms with Crippen LogP contribution in [0.3, 0.4) is 0 Å². The summed E-state index contributed by atoms with van der Waals surface area (Å²) in [5.41, 5.74) is 8.07. The van der Waals surface area contributed by atoms with Gasteiger partial charge in [-0.15, -0.1) is 0 Å². The predicted octanol–water partition coefficient (Wildman–Crippen LogP) is 1.69. The van der Waals surface area contributed by atoms with Gasteiger partial charge in [-0.25, -0.2) is 9.67 Å². The van der Waals surface area contributed by atoms with E-state index >= 15 is 0 Å². The normalized spacial score (nSPS) is 15.0. The van der Waals surface area contributed by atoms with Gasteiger partial charge < -0.3 is 10.6 Å². The number of nitrogens with zero attached hydrogens (tertiary/aromatic N) is 5. The summed E-state index contributed by atoms with van der Waals surface area (Å²) < 4.78 is 1.88. The Labute approximate surface area is 158 Å². The molecule has 0 atom stereocenters. The SMILES string of the molecule is NC(=O)c1ccc(N2CCN(Cc3cccc(-n4cccn4)c3)CC2)nc1. The average Bonchev–Trinajstić information content (AvgIpc) is 3.24. The van der Waals surface area contributed by atoms with Crippen LogP contribution in [-0.4, -0.2) is 51.8 Å². The van der Waals surface area contributed by atoms with Gasteiger partial charge in [-0.05, 0) is 35.9 Å². The van der Waals surface area contributed by atoms with Gasteiger partial charge in [0.2, 0.25) is 5.91 Å². The van der Waals surface area contributed by atoms with Crippen LogP contribution in [0.15, 0.2) is 61.1 Å². The summed E-state index contributed by atoms with van der Waals surface area (Å²) >= 11 is 0. The first-order chi connectivity index (χ1) is 13.2. The number of rotatable bonds is 5. The van der Waals surface area contributed by atoms with Crippen LogP contribution in [0, 0.1) is 0 Å². The van der Waals surface area contributed by atoms with E-state index in [2.05, 4.69) is 44.1 Å². The molecular weight excluding hydrogens is 340 g/mol. The maximum atomic E-state index is 11.2. The number of piperazine rings is 1. The highest BCUT2D eigenvalue weighted by Gasteiger charge is 2.18. The van der Waals surface area contributed by atoms with Crippen LogP contribution in [0.5, 0.6) is 0 Å². The lowest BCUT2D eigenvalue weighted by atomic mass is 10.1. The topological polar surface area (TPSA) is 80.3 Å². The smallest absolute Gasteiger partial charge is 0.250 e. The molecule has 1 aliphatic heterocycles. The zero-order valence-corrected chi connectivity index (χ0v) is 15.0. The van der Waals surface area contributed by atoms with E-state index in [1.165, 1.54) is 5.56 Å². The van der Waals surface area contributed by atoms with Gasteiger partial charge in [0.25, 0.3) is 0 Å². The van der Waals surface area contributed by atoms with Gasteiger partial charge in [-0.1, -0.05) is 12.1 Å². The molecule has 0 bridgehead atoms. The summed E-state index contributed by atoms with van der Waals surface area (Å²) in [5, 5.41) is 4.30. The monoisotopic (exact) mass is 362 g/mol. The summed E-state index contributed by atoms with van der Waals surface area (Å²) in [6, 6.07) is 14.0. The van der Waals surface area contributed by atoms with Gasteiger partial charge in [0.1, 0.15) is 5.82 Å². The molecule has 0 saturated carbocycles. The van der Waals surface area contributed by atoms with Crippen LogP contribution >= 0.6 is 0 Å². The van der Waals surface area contributed by atoms with Crippen LogP contribution in [0.2, 0.25) is 0 Å². The molecule has 0 unspecified atom stereocenters. The Kier molecular flexibility index (Phi) is 4.84. The van der Waals surface area contributed by atoms with Crippen molar-refractivity contribution in [1.29, 1.82) is 0 Å². The second-order valence-corrected chi connectivity index (χ2v) is 6.65. The van der Waals surface area contributed by atoms with E-state index in [0.29, 0.717) is 5.56 Å². The molecule has 2 N–H and O–H groups in total. The molecule has 1 aliphatic rings. The maximum absolute atomic E-state index is 11.2. The third-order valence-electron chi connectivity index (χ3n) is 4.81. The number of pyridine rings is 1. The highest BCUT2D eigenvalue weighted by Crippen LogP contribution is 2.17. The van der Waals surface area contributed by atoms with E-state index in [4.69, 9.17) is 5.73 Å². The number of hydrogen-bond donors (Lipinski definition) is 1. The molecule has 1 fully saturated rings. The quantitative estimate of drug-likeness (QED) is 0.747. The van der Waals surface area contributed by atoms with Crippen LogP contribution in [0.25, 0.3) is 5.69 Å². The van der Waals surface area contributed by atoms with Gasteiger partial charge in [0.05, 0.1) is 11.3 Å². The van der Waals surface area contributed by atoms with Crippen LogP contribution < -0.4 is 10.6 Å². The molecule has 2 aromatic heterocycles. The summed E-state index contributed by atoms with van der Waals surface area (Å²) in [5.74, 6) is 0.441. The van der Waals surface area contributed by atoms with Gasteiger partial charge in [-0.3, -0.25) is 9.69 Å². The number of anilines is 1. The van der Waals surface area contributed by atoms with Crippen molar-refractivity contribution in [2.45, 2.75) is 6.54 Å². The maximum Gasteiger partial charge on any atom is 0.250 e. The molecule has 3 aromatic rings. The summed E-state index contributed by atoms with van der Waals surface area (Å²) in [6.45, 7) is 4.65. The van der Waals surface area contributed by atoms with Crippen LogP contribution in [-0.2, 0) is 6.54 Å². The second kappa shape index (κ2) is 7.59. The average molecular weight is 362 g/mol. The Hall–Kier alpha value is -3.19. The van der Waals surface area contributed by atoms with Crippen molar-refractivity contribution in [2.24, 2.45) is 5.73 Å². The lowest BCUT2D eigenvalue weighted by molar-refractivity contribution is 0.1000. The molecule has 138 valence electrons. The molecule has 0 aliphatic carbocycles. The van der Waals surface area contributed by atoms with Crippen molar-refractivity contribution in [3.63, 3.8) is 0 Å². The zero-order valence-electron chi connectivity index (χ0n) is 15.0. The minimum absolute atomic E-state index is 0.439. The van der Waals surface area contributed by atoms with Crippen molar-refractivity contribution in [3.05, 3.63) is 72.2 Å². The standard InChI is InChI=1S/C20H22N6O/c21-20(27)17-5-6-19(22-14-17)25-11-9-24(10-12-25)15-16-3-1-4-18(13-16)26-8-2-7-23-26/h1-8,13-14H,9-12,15H2,(H2,21,27). The molecule has 1 aromatic carbocycles. The van der Waals surface area contributed by atoms with E-state index < -0.39 is 5.91 Å². The third kappa shape index (κ3) is 3.98. The number of carbonyl (C=O) groups is 1. The van der Waals surface area contributed by atoms with Gasteiger partial charge in [-0.2, -0.15) is 5.10 Å². The van der Waals surface area contributed by atoms with Crippen molar-refractivity contribution in [3.8, 4) is 5.69 Å². The lowest BCUT2D eigenvalue weighted by Gasteiger charge is -2.35. The Balaban J connectivity index is 1.36. The third-order valence-corrected chi connectivity index (χ3v) is 4.81. The van der Waals surface area contributed by atoms with Crippen LogP contribution in [0.1, 0.15) is 15.9 Å². The van der Waals surface area contributed by atoms with E-state index in [1.807, 2.05) is 23.0 Å². The summed E-state index contributed by atoms with van der Waals surface area (Å²) in [4.78, 5) is 20.2. The van der Waals surface area contributed by atoms with E-state index in [0.717, 1.165) is 44.2 Å². The Morgan fingerprint density at radius 2 is 1.93 bits per heavy atom. The number of hydrogen-bond acceptors (Lipinski definition) is 5.